The molecular formula is C24H29ClN4O5S. The molecule has 2 heterocycles. The summed E-state index contributed by atoms with van der Waals surface area (Å²) in [7, 11) is -2.49. The van der Waals surface area contributed by atoms with Gasteiger partial charge in [0.1, 0.15) is 6.04 Å². The maximum absolute atomic E-state index is 13.4. The first-order valence-corrected chi connectivity index (χ1v) is 13.3. The summed E-state index contributed by atoms with van der Waals surface area (Å²) in [5, 5.41) is 0.653. The average Bonchev–Trinajstić information content (AvgIpc) is 3.10. The summed E-state index contributed by atoms with van der Waals surface area (Å²) in [5.41, 5.74) is 1.65. The van der Waals surface area contributed by atoms with Crippen LogP contribution in [-0.4, -0.2) is 56.0 Å². The predicted molar refractivity (Wildman–Crippen MR) is 135 cm³/mol. The number of halogens is 1. The lowest BCUT2D eigenvalue weighted by atomic mass is 10.0. The summed E-state index contributed by atoms with van der Waals surface area (Å²) >= 11 is 6.11. The van der Waals surface area contributed by atoms with E-state index >= 15 is 0 Å². The summed E-state index contributed by atoms with van der Waals surface area (Å²) < 4.78 is 35.4. The molecule has 1 amide bonds. The molecule has 1 aliphatic heterocycles. The smallest absolute Gasteiger partial charge is 0.408 e. The Hall–Kier alpha value is -2.82. The van der Waals surface area contributed by atoms with Gasteiger partial charge < -0.3 is 14.2 Å². The van der Waals surface area contributed by atoms with Crippen LogP contribution < -0.4 is 15.4 Å². The van der Waals surface area contributed by atoms with Gasteiger partial charge in [0.25, 0.3) is 0 Å². The maximum Gasteiger partial charge on any atom is 0.419 e. The molecule has 35 heavy (non-hydrogen) atoms. The van der Waals surface area contributed by atoms with Gasteiger partial charge in [-0.2, -0.15) is 4.72 Å². The number of anilines is 1. The summed E-state index contributed by atoms with van der Waals surface area (Å²) in [5.74, 6) is -0.735. The standard InChI is InChI=1S/C24H29ClN4O5S/c1-16(2)13-20(23(30)29-11-9-28(10-12-29)18-6-4-5-17(25)14-18)26-35(32,33)19-7-8-21-22(15-19)34-24(31)27(21)3/h4-8,14-16,20,26H,9-13H2,1-3H3. The van der Waals surface area contributed by atoms with E-state index in [9.17, 15) is 18.0 Å². The molecule has 188 valence electrons. The minimum atomic E-state index is -4.04. The number of nitrogens with zero attached hydrogens (tertiary/aromatic N) is 3. The minimum absolute atomic E-state index is 0.0633. The molecule has 9 nitrogen and oxygen atoms in total. The Bertz CT molecular complexity index is 1390. The van der Waals surface area contributed by atoms with E-state index in [0.29, 0.717) is 43.1 Å². The van der Waals surface area contributed by atoms with Gasteiger partial charge in [0, 0.05) is 50.0 Å². The highest BCUT2D eigenvalue weighted by Crippen LogP contribution is 2.22. The number of carbonyl (C=O) groups is 1. The molecule has 0 radical (unpaired) electrons. The molecule has 0 saturated carbocycles. The normalized spacial score (nSPS) is 15.7. The van der Waals surface area contributed by atoms with Crippen molar-refractivity contribution in [3.63, 3.8) is 0 Å². The van der Waals surface area contributed by atoms with Crippen molar-refractivity contribution in [1.29, 1.82) is 0 Å². The van der Waals surface area contributed by atoms with Crippen molar-refractivity contribution in [3.05, 3.63) is 58.0 Å². The van der Waals surface area contributed by atoms with Gasteiger partial charge in [-0.3, -0.25) is 9.36 Å². The molecule has 1 aliphatic rings. The second-order valence-corrected chi connectivity index (χ2v) is 11.3. The monoisotopic (exact) mass is 520 g/mol. The lowest BCUT2D eigenvalue weighted by Gasteiger charge is -2.38. The molecule has 1 N–H and O–H groups in total. The Morgan fingerprint density at radius 1 is 1.11 bits per heavy atom. The van der Waals surface area contributed by atoms with Crippen LogP contribution in [0.2, 0.25) is 5.02 Å². The molecule has 1 saturated heterocycles. The number of carbonyl (C=O) groups excluding carboxylic acids is 1. The molecule has 0 aliphatic carbocycles. The van der Waals surface area contributed by atoms with Gasteiger partial charge >= 0.3 is 5.76 Å². The Balaban J connectivity index is 1.50. The van der Waals surface area contributed by atoms with Gasteiger partial charge in [0.2, 0.25) is 15.9 Å². The highest BCUT2D eigenvalue weighted by Gasteiger charge is 2.32. The zero-order chi connectivity index (χ0) is 25.3. The Kier molecular flexibility index (Phi) is 7.25. The molecule has 3 aromatic rings. The van der Waals surface area contributed by atoms with Crippen molar-refractivity contribution >= 4 is 44.3 Å². The second kappa shape index (κ2) is 10.0. The Labute approximate surface area is 209 Å². The predicted octanol–water partition coefficient (Wildman–Crippen LogP) is 2.83. The summed E-state index contributed by atoms with van der Waals surface area (Å²) in [4.78, 5) is 29.0. The van der Waals surface area contributed by atoms with E-state index in [-0.39, 0.29) is 22.3 Å². The average molecular weight is 521 g/mol. The molecule has 4 rings (SSSR count). The van der Waals surface area contributed by atoms with Crippen LogP contribution in [0.5, 0.6) is 0 Å². The van der Waals surface area contributed by atoms with Crippen molar-refractivity contribution in [2.24, 2.45) is 13.0 Å². The molecular weight excluding hydrogens is 492 g/mol. The van der Waals surface area contributed by atoms with Gasteiger partial charge in [-0.15, -0.1) is 0 Å². The third-order valence-corrected chi connectivity index (χ3v) is 7.85. The fraction of sp³-hybridized carbons (Fsp3) is 0.417. The number of nitrogens with one attached hydrogen (secondary N) is 1. The van der Waals surface area contributed by atoms with E-state index < -0.39 is 21.8 Å². The Morgan fingerprint density at radius 3 is 2.49 bits per heavy atom. The largest absolute Gasteiger partial charge is 0.419 e. The second-order valence-electron chi connectivity index (χ2n) is 9.15. The number of oxazole rings is 1. The number of piperazine rings is 1. The topological polar surface area (TPSA) is 105 Å². The lowest BCUT2D eigenvalue weighted by Crippen LogP contribution is -2.55. The molecule has 0 bridgehead atoms. The van der Waals surface area contributed by atoms with Crippen molar-refractivity contribution in [2.45, 2.75) is 31.2 Å². The van der Waals surface area contributed by atoms with E-state index in [4.69, 9.17) is 16.0 Å². The van der Waals surface area contributed by atoms with E-state index in [1.165, 1.54) is 22.8 Å². The van der Waals surface area contributed by atoms with Crippen LogP contribution in [0.15, 0.2) is 56.6 Å². The number of aryl methyl sites for hydroxylation is 1. The lowest BCUT2D eigenvalue weighted by molar-refractivity contribution is -0.133. The number of fused-ring (bicyclic) bond motifs is 1. The molecule has 1 fully saturated rings. The van der Waals surface area contributed by atoms with Crippen LogP contribution in [-0.2, 0) is 21.9 Å². The molecule has 0 spiro atoms. The molecule has 11 heteroatoms. The highest BCUT2D eigenvalue weighted by atomic mass is 35.5. The molecule has 1 aromatic heterocycles. The number of hydrogen-bond acceptors (Lipinski definition) is 6. The van der Waals surface area contributed by atoms with Crippen molar-refractivity contribution in [2.75, 3.05) is 31.1 Å². The van der Waals surface area contributed by atoms with Gasteiger partial charge in [-0.05, 0) is 42.7 Å². The van der Waals surface area contributed by atoms with Gasteiger partial charge in [0.15, 0.2) is 5.58 Å². The number of sulfonamides is 1. The van der Waals surface area contributed by atoms with Gasteiger partial charge in [0.05, 0.1) is 10.4 Å². The fourth-order valence-electron chi connectivity index (χ4n) is 4.29. The first-order valence-electron chi connectivity index (χ1n) is 11.5. The van der Waals surface area contributed by atoms with E-state index in [1.807, 2.05) is 38.1 Å². The van der Waals surface area contributed by atoms with Crippen LogP contribution in [0.25, 0.3) is 11.1 Å². The van der Waals surface area contributed by atoms with Crippen molar-refractivity contribution in [3.8, 4) is 0 Å². The quantitative estimate of drug-likeness (QED) is 0.513. The third kappa shape index (κ3) is 5.55. The zero-order valence-corrected chi connectivity index (χ0v) is 21.5. The van der Waals surface area contributed by atoms with Crippen LogP contribution in [0, 0.1) is 5.92 Å². The summed E-state index contributed by atoms with van der Waals surface area (Å²) in [6.45, 7) is 6.08. The SMILES string of the molecule is CC(C)CC(NS(=O)(=O)c1ccc2c(c1)oc(=O)n2C)C(=O)N1CCN(c2cccc(Cl)c2)CC1. The van der Waals surface area contributed by atoms with Gasteiger partial charge in [-0.25, -0.2) is 13.2 Å². The van der Waals surface area contributed by atoms with Crippen LogP contribution in [0.1, 0.15) is 20.3 Å². The third-order valence-electron chi connectivity index (χ3n) is 6.14. The Morgan fingerprint density at radius 2 is 1.83 bits per heavy atom. The van der Waals surface area contributed by atoms with E-state index in [0.717, 1.165) is 5.69 Å². The first-order chi connectivity index (χ1) is 16.5. The molecule has 1 unspecified atom stereocenters. The van der Waals surface area contributed by atoms with Gasteiger partial charge in [-0.1, -0.05) is 31.5 Å². The number of hydrogen-bond donors (Lipinski definition) is 1. The molecule has 2 aromatic carbocycles. The number of amides is 1. The fourth-order valence-corrected chi connectivity index (χ4v) is 5.69. The number of aromatic nitrogens is 1. The zero-order valence-electron chi connectivity index (χ0n) is 19.9. The summed E-state index contributed by atoms with van der Waals surface area (Å²) in [6.07, 6.45) is 0.356. The summed E-state index contributed by atoms with van der Waals surface area (Å²) in [6, 6.07) is 10.9. The minimum Gasteiger partial charge on any atom is -0.408 e. The molecule has 1 atom stereocenters. The highest BCUT2D eigenvalue weighted by molar-refractivity contribution is 7.89. The van der Waals surface area contributed by atoms with Crippen molar-refractivity contribution in [1.82, 2.24) is 14.2 Å². The van der Waals surface area contributed by atoms with Crippen LogP contribution >= 0.6 is 11.6 Å². The maximum atomic E-state index is 13.4. The van der Waals surface area contributed by atoms with E-state index in [2.05, 4.69) is 9.62 Å². The van der Waals surface area contributed by atoms with E-state index in [1.54, 1.807) is 11.9 Å². The number of rotatable bonds is 7. The number of benzene rings is 2. The van der Waals surface area contributed by atoms with Crippen LogP contribution in [0.3, 0.4) is 0 Å². The van der Waals surface area contributed by atoms with Crippen molar-refractivity contribution < 1.29 is 17.6 Å². The van der Waals surface area contributed by atoms with Crippen LogP contribution in [0.4, 0.5) is 5.69 Å². The first kappa shape index (κ1) is 25.3.